The zero-order chi connectivity index (χ0) is 27.1. The first-order valence-electron chi connectivity index (χ1n) is 14.7. The second-order valence-corrected chi connectivity index (χ2v) is 11.7. The van der Waals surface area contributed by atoms with Crippen LogP contribution in [-0.4, -0.2) is 33.4 Å². The fraction of sp³-hybridized carbons (Fsp3) is 0.964. The highest BCUT2D eigenvalue weighted by Crippen LogP contribution is 2.29. The Labute approximate surface area is 228 Å². The zero-order valence-electron chi connectivity index (χ0n) is 23.3. The lowest BCUT2D eigenvalue weighted by Crippen LogP contribution is -2.40. The molecule has 0 radical (unpaired) electrons. The first-order chi connectivity index (χ1) is 17.3. The fourth-order valence-corrected chi connectivity index (χ4v) is 5.25. The lowest BCUT2D eigenvalue weighted by atomic mass is 9.91. The molecule has 0 aliphatic heterocycles. The number of carboxylic acids is 1. The van der Waals surface area contributed by atoms with E-state index in [2.05, 4.69) is 26.5 Å². The van der Waals surface area contributed by atoms with Crippen molar-refractivity contribution in [3.05, 3.63) is 0 Å². The lowest BCUT2D eigenvalue weighted by molar-refractivity contribution is -0.256. The molecule has 36 heavy (non-hydrogen) atoms. The van der Waals surface area contributed by atoms with Crippen LogP contribution in [0, 0.1) is 5.92 Å². The fourth-order valence-electron chi connectivity index (χ4n) is 4.55. The molecule has 0 heterocycles. The Morgan fingerprint density at radius 3 is 1.58 bits per heavy atom. The second-order valence-electron chi connectivity index (χ2n) is 10.2. The van der Waals surface area contributed by atoms with Gasteiger partial charge in [-0.15, -0.1) is 12.6 Å². The minimum atomic E-state index is -2.75. The average molecular weight is 552 g/mol. The van der Waals surface area contributed by atoms with Crippen molar-refractivity contribution >= 4 is 27.1 Å². The third kappa shape index (κ3) is 19.0. The van der Waals surface area contributed by atoms with E-state index in [1.807, 2.05) is 0 Å². The van der Waals surface area contributed by atoms with Crippen molar-refractivity contribution in [3.63, 3.8) is 0 Å². The molecular weight excluding hydrogens is 495 g/mol. The third-order valence-corrected chi connectivity index (χ3v) is 7.78. The summed E-state index contributed by atoms with van der Waals surface area (Å²) < 4.78 is 22.2. The Kier molecular flexibility index (Phi) is 23.8. The molecule has 0 aliphatic rings. The molecule has 0 aromatic rings. The number of rotatable bonds is 27. The van der Waals surface area contributed by atoms with Crippen LogP contribution in [0.15, 0.2) is 0 Å². The second kappa shape index (κ2) is 23.9. The van der Waals surface area contributed by atoms with Crippen molar-refractivity contribution in [2.75, 3.05) is 0 Å². The molecule has 0 aliphatic carbocycles. The van der Waals surface area contributed by atoms with E-state index in [0.29, 0.717) is 12.3 Å². The molecule has 0 rings (SSSR count). The minimum Gasteiger partial charge on any atom is -0.474 e. The zero-order valence-corrected chi connectivity index (χ0v) is 25.2. The summed E-state index contributed by atoms with van der Waals surface area (Å²) in [6.45, 7) is 6.26. The Morgan fingerprint density at radius 1 is 0.806 bits per heavy atom. The maximum atomic E-state index is 11.2. The molecule has 0 bridgehead atoms. The third-order valence-electron chi connectivity index (χ3n) is 6.84. The Morgan fingerprint density at radius 2 is 1.22 bits per heavy atom. The quantitative estimate of drug-likeness (QED) is 0.0409. The summed E-state index contributed by atoms with van der Waals surface area (Å²) in [6.07, 6.45) is 23.2. The normalized spacial score (nSPS) is 16.0. The van der Waals surface area contributed by atoms with E-state index in [1.54, 1.807) is 6.92 Å². The monoisotopic (exact) mass is 551 g/mol. The minimum absolute atomic E-state index is 0.317. The molecule has 0 spiro atoms. The highest BCUT2D eigenvalue weighted by Gasteiger charge is 2.50. The molecule has 0 fully saturated rings. The van der Waals surface area contributed by atoms with Crippen molar-refractivity contribution in [1.29, 1.82) is 0 Å². The summed E-state index contributed by atoms with van der Waals surface area (Å²) in [5.74, 6) is -1.19. The summed E-state index contributed by atoms with van der Waals surface area (Å²) in [6, 6.07) is 0. The molecule has 214 valence electrons. The van der Waals surface area contributed by atoms with Crippen LogP contribution >= 0.6 is 21.1 Å². The predicted molar refractivity (Wildman–Crippen MR) is 153 cm³/mol. The van der Waals surface area contributed by atoms with Gasteiger partial charge >= 0.3 is 20.0 Å². The maximum absolute atomic E-state index is 11.2. The SMILES string of the molecule is CCCCCCCCCCCC(CCCCCCCCC)CC(S)OC(CC)OC(O)([PH+]=O)C(=O)O. The predicted octanol–water partition coefficient (Wildman–Crippen LogP) is 8.83. The summed E-state index contributed by atoms with van der Waals surface area (Å²) >= 11 is 4.61. The van der Waals surface area contributed by atoms with Gasteiger partial charge in [-0.1, -0.05) is 141 Å². The highest BCUT2D eigenvalue weighted by atomic mass is 32.1. The van der Waals surface area contributed by atoms with Gasteiger partial charge < -0.3 is 14.9 Å². The van der Waals surface area contributed by atoms with Gasteiger partial charge in [0.2, 0.25) is 0 Å². The standard InChI is InChI=1S/C28H55O6PS/c1-4-7-9-11-13-14-16-18-20-22-24(21-19-17-15-12-10-8-5-2)23-26(36)33-25(6-3)34-28(31,35-32)27(29)30/h24-26,31,36H,4-23H2,1-3H3,(H,29,30)/p+1. The summed E-state index contributed by atoms with van der Waals surface area (Å²) in [5, 5.41) is 19.0. The molecule has 2 N–H and O–H groups in total. The van der Waals surface area contributed by atoms with Crippen molar-refractivity contribution < 1.29 is 29.0 Å². The van der Waals surface area contributed by atoms with Crippen molar-refractivity contribution in [1.82, 2.24) is 0 Å². The van der Waals surface area contributed by atoms with Crippen LogP contribution in [0.3, 0.4) is 0 Å². The van der Waals surface area contributed by atoms with Gasteiger partial charge in [0.25, 0.3) is 0 Å². The topological polar surface area (TPSA) is 93.1 Å². The summed E-state index contributed by atoms with van der Waals surface area (Å²) in [7, 11) is -1.55. The van der Waals surface area contributed by atoms with Crippen LogP contribution in [0.25, 0.3) is 0 Å². The molecule has 5 atom stereocenters. The van der Waals surface area contributed by atoms with Crippen LogP contribution in [0.5, 0.6) is 0 Å². The van der Waals surface area contributed by atoms with Crippen LogP contribution in [0.1, 0.15) is 149 Å². The van der Waals surface area contributed by atoms with Crippen LogP contribution in [0.2, 0.25) is 0 Å². The van der Waals surface area contributed by atoms with Gasteiger partial charge in [0, 0.05) is 0 Å². The van der Waals surface area contributed by atoms with E-state index in [4.69, 9.17) is 14.6 Å². The molecular formula is C28H56O6PS+. The Bertz CT molecular complexity index is 538. The van der Waals surface area contributed by atoms with Gasteiger partial charge in [-0.05, 0) is 18.8 Å². The number of hydrogen-bond donors (Lipinski definition) is 3. The van der Waals surface area contributed by atoms with Gasteiger partial charge in [0.05, 0.1) is 0 Å². The number of carbonyl (C=O) groups is 1. The maximum Gasteiger partial charge on any atom is 0.472 e. The molecule has 0 amide bonds. The number of carboxylic acid groups (broad SMARTS) is 1. The van der Waals surface area contributed by atoms with E-state index in [1.165, 1.54) is 103 Å². The van der Waals surface area contributed by atoms with Crippen molar-refractivity contribution in [2.45, 2.75) is 166 Å². The highest BCUT2D eigenvalue weighted by molar-refractivity contribution is 7.80. The molecule has 6 nitrogen and oxygen atoms in total. The average Bonchev–Trinajstić information content (AvgIpc) is 2.86. The largest absolute Gasteiger partial charge is 0.474 e. The van der Waals surface area contributed by atoms with Gasteiger partial charge in [-0.3, -0.25) is 4.74 Å². The molecule has 0 aromatic heterocycles. The van der Waals surface area contributed by atoms with Gasteiger partial charge in [-0.25, -0.2) is 4.79 Å². The van der Waals surface area contributed by atoms with E-state index < -0.39 is 31.7 Å². The van der Waals surface area contributed by atoms with Crippen LogP contribution in [0.4, 0.5) is 0 Å². The Balaban J connectivity index is 4.58. The number of unbranched alkanes of at least 4 members (excludes halogenated alkanes) is 14. The van der Waals surface area contributed by atoms with Gasteiger partial charge in [-0.2, -0.15) is 0 Å². The molecule has 0 saturated carbocycles. The van der Waals surface area contributed by atoms with E-state index in [0.717, 1.165) is 19.3 Å². The molecule has 0 aromatic carbocycles. The number of aliphatic hydroxyl groups is 1. The van der Waals surface area contributed by atoms with Crippen LogP contribution in [-0.2, 0) is 18.8 Å². The number of hydrogen-bond acceptors (Lipinski definition) is 6. The van der Waals surface area contributed by atoms with E-state index in [9.17, 15) is 14.5 Å². The summed E-state index contributed by atoms with van der Waals surface area (Å²) in [5.41, 5.74) is -3.18. The van der Waals surface area contributed by atoms with Crippen molar-refractivity contribution in [3.8, 4) is 0 Å². The van der Waals surface area contributed by atoms with Gasteiger partial charge in [0.1, 0.15) is 5.44 Å². The molecule has 5 unspecified atom stereocenters. The molecule has 8 heteroatoms. The summed E-state index contributed by atoms with van der Waals surface area (Å²) in [4.78, 5) is 11.2. The smallest absolute Gasteiger partial charge is 0.472 e. The number of ether oxygens (including phenoxy) is 2. The lowest BCUT2D eigenvalue weighted by Gasteiger charge is -2.26. The first kappa shape index (κ1) is 35.8. The Hall–Kier alpha value is -0.200. The van der Waals surface area contributed by atoms with Crippen LogP contribution < -0.4 is 0 Å². The van der Waals surface area contributed by atoms with Crippen molar-refractivity contribution in [2.24, 2.45) is 5.92 Å². The number of thiol groups is 1. The molecule has 0 saturated heterocycles. The first-order valence-corrected chi connectivity index (χ1v) is 16.1. The van der Waals surface area contributed by atoms with Gasteiger partial charge in [0.15, 0.2) is 6.29 Å². The number of aliphatic carboxylic acids is 1. The van der Waals surface area contributed by atoms with E-state index in [-0.39, 0.29) is 0 Å². The van der Waals surface area contributed by atoms with E-state index >= 15 is 0 Å².